The number of aryl methyl sites for hydroxylation is 2. The minimum Gasteiger partial charge on any atom is -0.331 e. The molecule has 0 unspecified atom stereocenters. The Balaban J connectivity index is 1.66. The molecular formula is C20H26N4O2S. The molecule has 0 bridgehead atoms. The van der Waals surface area contributed by atoms with Gasteiger partial charge in [-0.3, -0.25) is 4.79 Å². The Morgan fingerprint density at radius 2 is 2.07 bits per heavy atom. The van der Waals surface area contributed by atoms with Crippen LogP contribution in [0.5, 0.6) is 0 Å². The van der Waals surface area contributed by atoms with Crippen LogP contribution in [0.4, 0.5) is 9.93 Å². The fourth-order valence-corrected chi connectivity index (χ4v) is 4.12. The smallest absolute Gasteiger partial charge is 0.319 e. The number of amides is 3. The fraction of sp³-hybridized carbons (Fsp3) is 0.450. The van der Waals surface area contributed by atoms with Crippen LogP contribution in [0.2, 0.25) is 0 Å². The molecule has 2 aromatic rings. The topological polar surface area (TPSA) is 65.5 Å². The number of nitrogens with one attached hydrogen (secondary N) is 1. The first-order valence-electron chi connectivity index (χ1n) is 9.15. The zero-order chi connectivity index (χ0) is 19.6. The van der Waals surface area contributed by atoms with Crippen molar-refractivity contribution < 1.29 is 9.59 Å². The third kappa shape index (κ3) is 4.47. The van der Waals surface area contributed by atoms with Crippen molar-refractivity contribution in [3.63, 3.8) is 0 Å². The fourth-order valence-electron chi connectivity index (χ4n) is 3.41. The quantitative estimate of drug-likeness (QED) is 0.873. The van der Waals surface area contributed by atoms with Gasteiger partial charge in [-0.05, 0) is 32.3 Å². The number of piperidine rings is 1. The predicted octanol–water partition coefficient (Wildman–Crippen LogP) is 3.76. The number of benzene rings is 1. The Bertz CT molecular complexity index is 846. The molecule has 1 aromatic carbocycles. The highest BCUT2D eigenvalue weighted by atomic mass is 32.1. The van der Waals surface area contributed by atoms with Crippen molar-refractivity contribution in [1.82, 2.24) is 14.8 Å². The molecule has 1 aliphatic heterocycles. The van der Waals surface area contributed by atoms with E-state index in [1.807, 2.05) is 5.38 Å². The number of hydrogen-bond acceptors (Lipinski definition) is 4. The maximum absolute atomic E-state index is 12.7. The summed E-state index contributed by atoms with van der Waals surface area (Å²) in [6, 6.07) is 6.22. The molecule has 3 amide bonds. The number of carbonyl (C=O) groups excluding carboxylic acids is 2. The first kappa shape index (κ1) is 19.4. The zero-order valence-corrected chi connectivity index (χ0v) is 17.1. The van der Waals surface area contributed by atoms with E-state index in [1.165, 1.54) is 22.5 Å². The summed E-state index contributed by atoms with van der Waals surface area (Å²) in [7, 11) is 3.46. The third-order valence-electron chi connectivity index (χ3n) is 4.84. The van der Waals surface area contributed by atoms with Gasteiger partial charge in [-0.1, -0.05) is 23.8 Å². The van der Waals surface area contributed by atoms with E-state index in [0.717, 1.165) is 24.1 Å². The minimum absolute atomic E-state index is 0.0427. The molecule has 7 heteroatoms. The highest BCUT2D eigenvalue weighted by molar-refractivity contribution is 7.14. The van der Waals surface area contributed by atoms with Gasteiger partial charge in [0.15, 0.2) is 5.13 Å². The van der Waals surface area contributed by atoms with Crippen molar-refractivity contribution in [2.75, 3.05) is 32.5 Å². The Labute approximate surface area is 164 Å². The van der Waals surface area contributed by atoms with Crippen molar-refractivity contribution >= 4 is 28.4 Å². The summed E-state index contributed by atoms with van der Waals surface area (Å²) in [5.41, 5.74) is 4.34. The Morgan fingerprint density at radius 1 is 1.30 bits per heavy atom. The second-order valence-electron chi connectivity index (χ2n) is 7.31. The van der Waals surface area contributed by atoms with E-state index in [2.05, 4.69) is 42.3 Å². The molecule has 3 rings (SSSR count). The van der Waals surface area contributed by atoms with E-state index < -0.39 is 0 Å². The lowest BCUT2D eigenvalue weighted by Gasteiger charge is -2.33. The molecule has 0 aliphatic carbocycles. The maximum atomic E-state index is 12.7. The largest absolute Gasteiger partial charge is 0.331 e. The number of aromatic nitrogens is 1. The molecule has 1 atom stereocenters. The van der Waals surface area contributed by atoms with E-state index in [4.69, 9.17) is 0 Å². The van der Waals surface area contributed by atoms with Crippen LogP contribution in [-0.4, -0.2) is 53.9 Å². The molecule has 1 aromatic heterocycles. The molecule has 1 fully saturated rings. The van der Waals surface area contributed by atoms with Crippen LogP contribution >= 0.6 is 11.3 Å². The monoisotopic (exact) mass is 386 g/mol. The molecule has 0 radical (unpaired) electrons. The molecule has 0 spiro atoms. The second-order valence-corrected chi connectivity index (χ2v) is 8.17. The van der Waals surface area contributed by atoms with Crippen molar-refractivity contribution in [3.8, 4) is 11.3 Å². The number of carbonyl (C=O) groups is 2. The van der Waals surface area contributed by atoms with Gasteiger partial charge in [0.2, 0.25) is 5.91 Å². The number of rotatable bonds is 3. The SMILES string of the molecule is Cc1ccc(-c2csc(NC(=O)[C@@H]3CCCN(C(=O)N(C)C)C3)n2)c(C)c1. The van der Waals surface area contributed by atoms with E-state index in [-0.39, 0.29) is 17.9 Å². The van der Waals surface area contributed by atoms with Crippen molar-refractivity contribution in [3.05, 3.63) is 34.7 Å². The average molecular weight is 387 g/mol. The lowest BCUT2D eigenvalue weighted by atomic mass is 9.97. The van der Waals surface area contributed by atoms with Gasteiger partial charge in [0.1, 0.15) is 0 Å². The molecule has 2 heterocycles. The summed E-state index contributed by atoms with van der Waals surface area (Å²) in [6.07, 6.45) is 1.63. The van der Waals surface area contributed by atoms with Crippen LogP contribution in [0.25, 0.3) is 11.3 Å². The average Bonchev–Trinajstić information content (AvgIpc) is 3.09. The van der Waals surface area contributed by atoms with Gasteiger partial charge in [-0.15, -0.1) is 11.3 Å². The van der Waals surface area contributed by atoms with Crippen molar-refractivity contribution in [2.45, 2.75) is 26.7 Å². The van der Waals surface area contributed by atoms with Crippen LogP contribution < -0.4 is 5.32 Å². The first-order chi connectivity index (χ1) is 12.8. The lowest BCUT2D eigenvalue weighted by Crippen LogP contribution is -2.47. The van der Waals surface area contributed by atoms with Gasteiger partial charge in [-0.2, -0.15) is 0 Å². The molecule has 27 heavy (non-hydrogen) atoms. The molecule has 1 aliphatic rings. The molecular weight excluding hydrogens is 360 g/mol. The number of nitrogens with zero attached hydrogens (tertiary/aromatic N) is 3. The third-order valence-corrected chi connectivity index (χ3v) is 5.60. The van der Waals surface area contributed by atoms with Crippen LogP contribution in [0.15, 0.2) is 23.6 Å². The van der Waals surface area contributed by atoms with E-state index in [9.17, 15) is 9.59 Å². The normalized spacial score (nSPS) is 16.9. The van der Waals surface area contributed by atoms with Crippen molar-refractivity contribution in [1.29, 1.82) is 0 Å². The summed E-state index contributed by atoms with van der Waals surface area (Å²) in [4.78, 5) is 32.7. The number of urea groups is 1. The van der Waals surface area contributed by atoms with Crippen LogP contribution in [0, 0.1) is 19.8 Å². The van der Waals surface area contributed by atoms with E-state index in [0.29, 0.717) is 18.2 Å². The van der Waals surface area contributed by atoms with Gasteiger partial charge in [0, 0.05) is 38.1 Å². The summed E-state index contributed by atoms with van der Waals surface area (Å²) in [5.74, 6) is -0.260. The Morgan fingerprint density at radius 3 is 2.78 bits per heavy atom. The van der Waals surface area contributed by atoms with Crippen LogP contribution in [-0.2, 0) is 4.79 Å². The predicted molar refractivity (Wildman–Crippen MR) is 109 cm³/mol. The number of thiazole rings is 1. The molecule has 1 N–H and O–H groups in total. The van der Waals surface area contributed by atoms with Gasteiger partial charge in [0.05, 0.1) is 11.6 Å². The van der Waals surface area contributed by atoms with Gasteiger partial charge in [0.25, 0.3) is 0 Å². The molecule has 1 saturated heterocycles. The van der Waals surface area contributed by atoms with Crippen LogP contribution in [0.3, 0.4) is 0 Å². The van der Waals surface area contributed by atoms with Gasteiger partial charge >= 0.3 is 6.03 Å². The molecule has 6 nitrogen and oxygen atoms in total. The summed E-state index contributed by atoms with van der Waals surface area (Å²) < 4.78 is 0. The van der Waals surface area contributed by atoms with Crippen molar-refractivity contribution in [2.24, 2.45) is 5.92 Å². The van der Waals surface area contributed by atoms with Gasteiger partial charge in [-0.25, -0.2) is 9.78 Å². The zero-order valence-electron chi connectivity index (χ0n) is 16.3. The highest BCUT2D eigenvalue weighted by Gasteiger charge is 2.29. The van der Waals surface area contributed by atoms with Gasteiger partial charge < -0.3 is 15.1 Å². The number of hydrogen-bond donors (Lipinski definition) is 1. The summed E-state index contributed by atoms with van der Waals surface area (Å²) >= 11 is 1.43. The number of anilines is 1. The maximum Gasteiger partial charge on any atom is 0.319 e. The summed E-state index contributed by atoms with van der Waals surface area (Å²) in [5, 5.41) is 5.51. The number of likely N-dealkylation sites (tertiary alicyclic amines) is 1. The second kappa shape index (κ2) is 8.08. The minimum atomic E-state index is -0.198. The van der Waals surface area contributed by atoms with E-state index in [1.54, 1.807) is 23.9 Å². The Hall–Kier alpha value is -2.41. The summed E-state index contributed by atoms with van der Waals surface area (Å²) in [6.45, 7) is 5.29. The molecule has 144 valence electrons. The van der Waals surface area contributed by atoms with Crippen LogP contribution in [0.1, 0.15) is 24.0 Å². The van der Waals surface area contributed by atoms with E-state index >= 15 is 0 Å². The lowest BCUT2D eigenvalue weighted by molar-refractivity contribution is -0.121. The first-order valence-corrected chi connectivity index (χ1v) is 10.0. The standard InChI is InChI=1S/C20H26N4O2S/c1-13-7-8-16(14(2)10-13)17-12-27-19(21-17)22-18(25)15-6-5-9-24(11-15)20(26)23(3)4/h7-8,10,12,15H,5-6,9,11H2,1-4H3,(H,21,22,25)/t15-/m1/s1. The highest BCUT2D eigenvalue weighted by Crippen LogP contribution is 2.28. The Kier molecular flexibility index (Phi) is 5.79. The molecule has 0 saturated carbocycles.